The number of para-hydroxylation sites is 1. The van der Waals surface area contributed by atoms with Crippen LogP contribution in [0.3, 0.4) is 0 Å². The molecule has 112 valence electrons. The van der Waals surface area contributed by atoms with Crippen LogP contribution < -0.4 is 0 Å². The third-order valence-corrected chi connectivity index (χ3v) is 3.90. The number of rotatable bonds is 3. The second kappa shape index (κ2) is 5.58. The lowest BCUT2D eigenvalue weighted by Gasteiger charge is -2.24. The first-order chi connectivity index (χ1) is 9.80. The molecule has 0 amide bonds. The van der Waals surface area contributed by atoms with E-state index in [0.717, 1.165) is 22.2 Å². The minimum absolute atomic E-state index is 0.0633. The fourth-order valence-electron chi connectivity index (χ4n) is 2.47. The van der Waals surface area contributed by atoms with Crippen LogP contribution in [0.1, 0.15) is 58.7 Å². The number of hydrogen-bond donors (Lipinski definition) is 2. The summed E-state index contributed by atoms with van der Waals surface area (Å²) in [5.74, 6) is 6.61. The Morgan fingerprint density at radius 2 is 1.71 bits per heavy atom. The second-order valence-electron chi connectivity index (χ2n) is 6.66. The van der Waals surface area contributed by atoms with E-state index in [-0.39, 0.29) is 5.41 Å². The molecule has 1 aromatic heterocycles. The highest BCUT2D eigenvalue weighted by Gasteiger charge is 2.30. The van der Waals surface area contributed by atoms with Crippen molar-refractivity contribution in [2.24, 2.45) is 5.41 Å². The van der Waals surface area contributed by atoms with E-state index in [0.29, 0.717) is 12.8 Å². The summed E-state index contributed by atoms with van der Waals surface area (Å²) in [6, 6.07) is 8.11. The predicted molar refractivity (Wildman–Crippen MR) is 89.1 cm³/mol. The van der Waals surface area contributed by atoms with Gasteiger partial charge in [0.05, 0.1) is 11.3 Å². The van der Waals surface area contributed by atoms with E-state index in [1.807, 2.05) is 32.0 Å². The van der Waals surface area contributed by atoms with Gasteiger partial charge in [-0.3, -0.25) is 0 Å². The monoisotopic (exact) mass is 283 g/mol. The Morgan fingerprint density at radius 3 is 2.29 bits per heavy atom. The summed E-state index contributed by atoms with van der Waals surface area (Å²) in [4.78, 5) is 3.39. The van der Waals surface area contributed by atoms with Crippen molar-refractivity contribution >= 4 is 10.9 Å². The molecule has 0 atom stereocenters. The van der Waals surface area contributed by atoms with Crippen LogP contribution in [0, 0.1) is 17.3 Å². The van der Waals surface area contributed by atoms with Gasteiger partial charge < -0.3 is 10.1 Å². The van der Waals surface area contributed by atoms with Gasteiger partial charge in [0.1, 0.15) is 5.60 Å². The van der Waals surface area contributed by atoms with Crippen molar-refractivity contribution in [2.45, 2.75) is 53.1 Å². The van der Waals surface area contributed by atoms with E-state index < -0.39 is 5.60 Å². The minimum Gasteiger partial charge on any atom is -0.384 e. The van der Waals surface area contributed by atoms with Gasteiger partial charge in [-0.2, -0.15) is 0 Å². The number of H-pyrrole nitrogens is 1. The van der Waals surface area contributed by atoms with Gasteiger partial charge in [-0.05, 0) is 39.7 Å². The van der Waals surface area contributed by atoms with Gasteiger partial charge in [0, 0.05) is 16.3 Å². The van der Waals surface area contributed by atoms with Crippen LogP contribution in [0.5, 0.6) is 0 Å². The zero-order valence-electron chi connectivity index (χ0n) is 13.7. The van der Waals surface area contributed by atoms with Gasteiger partial charge in [-0.1, -0.05) is 43.9 Å². The lowest BCUT2D eigenvalue weighted by molar-refractivity contribution is 0.0245. The van der Waals surface area contributed by atoms with Crippen LogP contribution in [-0.4, -0.2) is 10.1 Å². The highest BCUT2D eigenvalue weighted by Crippen LogP contribution is 2.34. The molecule has 0 spiro atoms. The molecule has 2 rings (SSSR count). The fourth-order valence-corrected chi connectivity index (χ4v) is 2.47. The Kier molecular flexibility index (Phi) is 4.16. The van der Waals surface area contributed by atoms with Gasteiger partial charge in [-0.25, -0.2) is 0 Å². The number of aromatic amines is 1. The van der Waals surface area contributed by atoms with E-state index in [9.17, 15) is 5.11 Å². The van der Waals surface area contributed by atoms with Crippen LogP contribution in [0.15, 0.2) is 24.3 Å². The molecule has 0 aliphatic carbocycles. The first-order valence-corrected chi connectivity index (χ1v) is 7.67. The quantitative estimate of drug-likeness (QED) is 0.795. The molecule has 0 saturated heterocycles. The zero-order valence-corrected chi connectivity index (χ0v) is 13.7. The third-order valence-electron chi connectivity index (χ3n) is 3.90. The summed E-state index contributed by atoms with van der Waals surface area (Å²) in [7, 11) is 0. The van der Waals surface area contributed by atoms with E-state index in [1.54, 1.807) is 0 Å². The Bertz CT molecular complexity index is 688. The van der Waals surface area contributed by atoms with Crippen molar-refractivity contribution in [3.63, 3.8) is 0 Å². The van der Waals surface area contributed by atoms with E-state index in [1.165, 1.54) is 0 Å². The lowest BCUT2D eigenvalue weighted by Crippen LogP contribution is -2.25. The van der Waals surface area contributed by atoms with Gasteiger partial charge >= 0.3 is 0 Å². The molecule has 2 N–H and O–H groups in total. The average molecular weight is 283 g/mol. The number of aliphatic hydroxyl groups is 1. The minimum atomic E-state index is -0.846. The highest BCUT2D eigenvalue weighted by molar-refractivity contribution is 5.88. The molecule has 1 heterocycles. The Labute approximate surface area is 127 Å². The SMILES string of the molecule is CCC(O)(CC)c1[nH]c2ccccc2c1C#CC(C)(C)C. The number of fused-ring (bicyclic) bond motifs is 1. The van der Waals surface area contributed by atoms with Crippen LogP contribution in [0.2, 0.25) is 0 Å². The lowest BCUT2D eigenvalue weighted by atomic mass is 9.89. The Balaban J connectivity index is 2.72. The van der Waals surface area contributed by atoms with Crippen LogP contribution >= 0.6 is 0 Å². The summed E-state index contributed by atoms with van der Waals surface area (Å²) in [6.45, 7) is 10.3. The smallest absolute Gasteiger partial charge is 0.105 e. The second-order valence-corrected chi connectivity index (χ2v) is 6.66. The summed E-state index contributed by atoms with van der Waals surface area (Å²) < 4.78 is 0. The maximum absolute atomic E-state index is 10.9. The molecule has 0 radical (unpaired) electrons. The van der Waals surface area contributed by atoms with Gasteiger partial charge in [0.2, 0.25) is 0 Å². The predicted octanol–water partition coefficient (Wildman–Crippen LogP) is 4.57. The third kappa shape index (κ3) is 3.14. The Hall–Kier alpha value is -1.72. The molecule has 0 saturated carbocycles. The molecule has 0 aliphatic rings. The first kappa shape index (κ1) is 15.7. The van der Waals surface area contributed by atoms with Gasteiger partial charge in [0.25, 0.3) is 0 Å². The average Bonchev–Trinajstić information content (AvgIpc) is 2.83. The van der Waals surface area contributed by atoms with Crippen molar-refractivity contribution in [3.8, 4) is 11.8 Å². The molecule has 0 aliphatic heterocycles. The Morgan fingerprint density at radius 1 is 1.10 bits per heavy atom. The number of aromatic nitrogens is 1. The number of hydrogen-bond acceptors (Lipinski definition) is 1. The highest BCUT2D eigenvalue weighted by atomic mass is 16.3. The van der Waals surface area contributed by atoms with Gasteiger partial charge in [0.15, 0.2) is 0 Å². The molecule has 2 heteroatoms. The normalized spacial score (nSPS) is 12.3. The molecule has 2 nitrogen and oxygen atoms in total. The molecule has 1 aromatic carbocycles. The van der Waals surface area contributed by atoms with Crippen LogP contribution in [0.25, 0.3) is 10.9 Å². The molecule has 2 aromatic rings. The van der Waals surface area contributed by atoms with Crippen LogP contribution in [-0.2, 0) is 5.60 Å². The maximum atomic E-state index is 10.9. The largest absolute Gasteiger partial charge is 0.384 e. The molecular formula is C19H25NO. The molecule has 0 fully saturated rings. The standard InChI is InChI=1S/C19H25NO/c1-6-19(21,7-2)17-15(12-13-18(3,4)5)14-10-8-9-11-16(14)20-17/h8-11,20-21H,6-7H2,1-5H3. The molecule has 0 unspecified atom stereocenters. The molecule has 21 heavy (non-hydrogen) atoms. The number of nitrogens with one attached hydrogen (secondary N) is 1. The van der Waals surface area contributed by atoms with E-state index >= 15 is 0 Å². The van der Waals surface area contributed by atoms with Crippen molar-refractivity contribution in [2.75, 3.05) is 0 Å². The summed E-state index contributed by atoms with van der Waals surface area (Å²) in [5.41, 5.74) is 1.91. The van der Waals surface area contributed by atoms with Crippen LogP contribution in [0.4, 0.5) is 0 Å². The van der Waals surface area contributed by atoms with E-state index in [2.05, 4.69) is 43.7 Å². The van der Waals surface area contributed by atoms with Crippen molar-refractivity contribution in [1.82, 2.24) is 4.98 Å². The summed E-state index contributed by atoms with van der Waals surface area (Å²) in [6.07, 6.45) is 1.33. The van der Waals surface area contributed by atoms with Crippen molar-refractivity contribution in [1.29, 1.82) is 0 Å². The molecule has 0 bridgehead atoms. The number of benzene rings is 1. The first-order valence-electron chi connectivity index (χ1n) is 7.67. The maximum Gasteiger partial charge on any atom is 0.105 e. The van der Waals surface area contributed by atoms with Crippen molar-refractivity contribution in [3.05, 3.63) is 35.5 Å². The molecular weight excluding hydrogens is 258 g/mol. The zero-order chi connectivity index (χ0) is 15.7. The topological polar surface area (TPSA) is 36.0 Å². The fraction of sp³-hybridized carbons (Fsp3) is 0.474. The van der Waals surface area contributed by atoms with Crippen molar-refractivity contribution < 1.29 is 5.11 Å². The summed E-state index contributed by atoms with van der Waals surface area (Å²) in [5, 5.41) is 12.0. The summed E-state index contributed by atoms with van der Waals surface area (Å²) >= 11 is 0. The van der Waals surface area contributed by atoms with E-state index in [4.69, 9.17) is 0 Å². The van der Waals surface area contributed by atoms with Gasteiger partial charge in [-0.15, -0.1) is 0 Å².